The molecular formula is C13H16F3N5. The molecule has 0 aliphatic rings. The summed E-state index contributed by atoms with van der Waals surface area (Å²) < 4.78 is 39.9. The number of hydrogen-bond donors (Lipinski definition) is 2. The highest BCUT2D eigenvalue weighted by atomic mass is 19.4. The first-order valence-electron chi connectivity index (χ1n) is 6.45. The van der Waals surface area contributed by atoms with E-state index in [9.17, 15) is 13.2 Å². The van der Waals surface area contributed by atoms with Gasteiger partial charge in [0.2, 0.25) is 0 Å². The molecule has 0 aliphatic carbocycles. The van der Waals surface area contributed by atoms with E-state index in [0.717, 1.165) is 12.1 Å². The molecule has 2 rings (SSSR count). The van der Waals surface area contributed by atoms with E-state index >= 15 is 0 Å². The maximum Gasteiger partial charge on any atom is 0.416 e. The van der Waals surface area contributed by atoms with Gasteiger partial charge in [0, 0.05) is 13.0 Å². The van der Waals surface area contributed by atoms with Gasteiger partial charge < -0.3 is 0 Å². The number of hydrazine groups is 1. The predicted octanol–water partition coefficient (Wildman–Crippen LogP) is 2.06. The molecule has 1 unspecified atom stereocenters. The molecule has 1 heterocycles. The molecule has 1 aromatic heterocycles. The highest BCUT2D eigenvalue weighted by Crippen LogP contribution is 2.31. The molecule has 0 spiro atoms. The van der Waals surface area contributed by atoms with Crippen LogP contribution >= 0.6 is 0 Å². The van der Waals surface area contributed by atoms with Gasteiger partial charge in [-0.2, -0.15) is 18.3 Å². The van der Waals surface area contributed by atoms with Gasteiger partial charge in [0.25, 0.3) is 0 Å². The Bertz CT molecular complexity index is 593. The van der Waals surface area contributed by atoms with Gasteiger partial charge in [-0.05, 0) is 24.6 Å². The summed E-state index contributed by atoms with van der Waals surface area (Å²) in [5.74, 6) is 6.15. The third-order valence-electron chi connectivity index (χ3n) is 3.20. The Labute approximate surface area is 119 Å². The fraction of sp³-hybridized carbons (Fsp3) is 0.385. The van der Waals surface area contributed by atoms with Gasteiger partial charge in [-0.3, -0.25) is 16.0 Å². The zero-order valence-corrected chi connectivity index (χ0v) is 11.4. The summed E-state index contributed by atoms with van der Waals surface area (Å²) in [6.07, 6.45) is -2.61. The number of aryl methyl sites for hydroxylation is 1. The molecule has 1 atom stereocenters. The molecular weight excluding hydrogens is 283 g/mol. The molecule has 5 nitrogen and oxygen atoms in total. The predicted molar refractivity (Wildman–Crippen MR) is 70.9 cm³/mol. The van der Waals surface area contributed by atoms with E-state index in [1.807, 2.05) is 6.92 Å². The first-order chi connectivity index (χ1) is 9.95. The third-order valence-corrected chi connectivity index (χ3v) is 3.20. The van der Waals surface area contributed by atoms with Crippen LogP contribution in [0.3, 0.4) is 0 Å². The Morgan fingerprint density at radius 3 is 2.76 bits per heavy atom. The summed E-state index contributed by atoms with van der Waals surface area (Å²) >= 11 is 0. The van der Waals surface area contributed by atoms with Crippen LogP contribution in [0, 0.1) is 0 Å². The van der Waals surface area contributed by atoms with Crippen LogP contribution in [-0.4, -0.2) is 14.8 Å². The highest BCUT2D eigenvalue weighted by Gasteiger charge is 2.31. The average molecular weight is 299 g/mol. The van der Waals surface area contributed by atoms with Gasteiger partial charge >= 0.3 is 6.18 Å². The Morgan fingerprint density at radius 2 is 2.14 bits per heavy atom. The first-order valence-corrected chi connectivity index (χ1v) is 6.45. The minimum absolute atomic E-state index is 0.353. The van der Waals surface area contributed by atoms with Crippen molar-refractivity contribution in [2.24, 2.45) is 5.84 Å². The Kier molecular flexibility index (Phi) is 4.59. The molecule has 114 valence electrons. The van der Waals surface area contributed by atoms with Crippen molar-refractivity contribution in [1.82, 2.24) is 20.2 Å². The van der Waals surface area contributed by atoms with Crippen molar-refractivity contribution in [3.8, 4) is 0 Å². The molecule has 21 heavy (non-hydrogen) atoms. The largest absolute Gasteiger partial charge is 0.416 e. The van der Waals surface area contributed by atoms with Gasteiger partial charge in [0.15, 0.2) is 0 Å². The van der Waals surface area contributed by atoms with Crippen LogP contribution < -0.4 is 11.3 Å². The number of nitrogens with two attached hydrogens (primary N) is 1. The normalized spacial score (nSPS) is 13.4. The van der Waals surface area contributed by atoms with Crippen LogP contribution in [-0.2, 0) is 19.1 Å². The third kappa shape index (κ3) is 3.59. The lowest BCUT2D eigenvalue weighted by atomic mass is 10.0. The topological polar surface area (TPSA) is 68.8 Å². The van der Waals surface area contributed by atoms with E-state index in [4.69, 9.17) is 5.84 Å². The molecule has 0 aliphatic heterocycles. The Morgan fingerprint density at radius 1 is 1.38 bits per heavy atom. The number of nitrogens with zero attached hydrogens (tertiary/aromatic N) is 3. The minimum atomic E-state index is -4.38. The van der Waals surface area contributed by atoms with E-state index in [1.165, 1.54) is 12.4 Å². The molecule has 0 saturated heterocycles. The Hall–Kier alpha value is -1.93. The lowest BCUT2D eigenvalue weighted by Gasteiger charge is -2.17. The van der Waals surface area contributed by atoms with Crippen LogP contribution in [0.25, 0.3) is 0 Å². The van der Waals surface area contributed by atoms with E-state index in [-0.39, 0.29) is 0 Å². The number of aromatic nitrogens is 3. The van der Waals surface area contributed by atoms with Crippen molar-refractivity contribution in [3.05, 3.63) is 47.5 Å². The van der Waals surface area contributed by atoms with Gasteiger partial charge in [-0.15, -0.1) is 0 Å². The number of benzene rings is 1. The molecule has 0 radical (unpaired) electrons. The molecule has 2 aromatic rings. The van der Waals surface area contributed by atoms with Gasteiger partial charge in [-0.25, -0.2) is 4.98 Å². The number of halogens is 3. The van der Waals surface area contributed by atoms with Crippen LogP contribution in [0.1, 0.15) is 29.9 Å². The van der Waals surface area contributed by atoms with Crippen molar-refractivity contribution >= 4 is 0 Å². The number of hydrogen-bond acceptors (Lipinski definition) is 4. The van der Waals surface area contributed by atoms with Crippen molar-refractivity contribution in [2.45, 2.75) is 32.1 Å². The maximum absolute atomic E-state index is 12.8. The summed E-state index contributed by atoms with van der Waals surface area (Å²) in [6.45, 7) is 2.54. The minimum Gasteiger partial charge on any atom is -0.271 e. The number of nitrogens with one attached hydrogen (secondary N) is 1. The monoisotopic (exact) mass is 299 g/mol. The van der Waals surface area contributed by atoms with E-state index < -0.39 is 17.8 Å². The summed E-state index contributed by atoms with van der Waals surface area (Å²) in [7, 11) is 0. The SMILES string of the molecule is CCn1ncnc1CC(NN)c1cccc(C(F)(F)F)c1. The van der Waals surface area contributed by atoms with Crippen LogP contribution in [0.15, 0.2) is 30.6 Å². The summed E-state index contributed by atoms with van der Waals surface area (Å²) in [5, 5.41) is 4.03. The second kappa shape index (κ2) is 6.23. The summed E-state index contributed by atoms with van der Waals surface area (Å²) in [6, 6.07) is 4.63. The average Bonchev–Trinajstić information content (AvgIpc) is 2.91. The van der Waals surface area contributed by atoms with Crippen LogP contribution in [0.4, 0.5) is 13.2 Å². The first kappa shape index (κ1) is 15.5. The Balaban J connectivity index is 2.25. The van der Waals surface area contributed by atoms with Gasteiger partial charge in [0.05, 0.1) is 11.6 Å². The smallest absolute Gasteiger partial charge is 0.271 e. The number of alkyl halides is 3. The van der Waals surface area contributed by atoms with Gasteiger partial charge in [-0.1, -0.05) is 12.1 Å². The van der Waals surface area contributed by atoms with Crippen molar-refractivity contribution in [3.63, 3.8) is 0 Å². The quantitative estimate of drug-likeness (QED) is 0.655. The summed E-state index contributed by atoms with van der Waals surface area (Å²) in [4.78, 5) is 4.11. The van der Waals surface area contributed by atoms with Crippen LogP contribution in [0.5, 0.6) is 0 Å². The molecule has 0 saturated carbocycles. The lowest BCUT2D eigenvalue weighted by molar-refractivity contribution is -0.137. The van der Waals surface area contributed by atoms with E-state index in [0.29, 0.717) is 24.4 Å². The fourth-order valence-electron chi connectivity index (χ4n) is 2.10. The highest BCUT2D eigenvalue weighted by molar-refractivity contribution is 5.28. The standard InChI is InChI=1S/C13H16F3N5/c1-2-21-12(18-8-19-21)7-11(20-17)9-4-3-5-10(6-9)13(14,15)16/h3-6,8,11,20H,2,7,17H2,1H3. The molecule has 0 amide bonds. The zero-order valence-electron chi connectivity index (χ0n) is 11.4. The molecule has 1 aromatic carbocycles. The lowest BCUT2D eigenvalue weighted by Crippen LogP contribution is -2.30. The van der Waals surface area contributed by atoms with Crippen molar-refractivity contribution in [1.29, 1.82) is 0 Å². The second-order valence-electron chi connectivity index (χ2n) is 4.54. The van der Waals surface area contributed by atoms with Crippen molar-refractivity contribution < 1.29 is 13.2 Å². The van der Waals surface area contributed by atoms with E-state index in [2.05, 4.69) is 15.5 Å². The fourth-order valence-corrected chi connectivity index (χ4v) is 2.10. The summed E-state index contributed by atoms with van der Waals surface area (Å²) in [5.41, 5.74) is 2.30. The molecule has 0 bridgehead atoms. The zero-order chi connectivity index (χ0) is 15.5. The van der Waals surface area contributed by atoms with Gasteiger partial charge in [0.1, 0.15) is 12.2 Å². The van der Waals surface area contributed by atoms with Crippen molar-refractivity contribution in [2.75, 3.05) is 0 Å². The second-order valence-corrected chi connectivity index (χ2v) is 4.54. The molecule has 0 fully saturated rings. The van der Waals surface area contributed by atoms with E-state index in [1.54, 1.807) is 10.7 Å². The van der Waals surface area contributed by atoms with Crippen LogP contribution in [0.2, 0.25) is 0 Å². The maximum atomic E-state index is 12.8. The molecule has 8 heteroatoms. The number of rotatable bonds is 5. The molecule has 3 N–H and O–H groups in total.